The standard InChI is InChI=1S/C11H6Br2O3/c12-8-3-6(4-9(13)11(8)15)10-2-1-7(5-14)16-10/h1-5,15H. The average Bonchev–Trinajstić information content (AvgIpc) is 2.73. The quantitative estimate of drug-likeness (QED) is 0.837. The van der Waals surface area contributed by atoms with Crippen LogP contribution in [0.25, 0.3) is 11.3 Å². The summed E-state index contributed by atoms with van der Waals surface area (Å²) in [5, 5.41) is 9.55. The number of aromatic hydroxyl groups is 1. The molecule has 0 unspecified atom stereocenters. The van der Waals surface area contributed by atoms with Gasteiger partial charge < -0.3 is 9.52 Å². The summed E-state index contributed by atoms with van der Waals surface area (Å²) >= 11 is 6.45. The highest BCUT2D eigenvalue weighted by atomic mass is 79.9. The van der Waals surface area contributed by atoms with E-state index in [2.05, 4.69) is 31.9 Å². The van der Waals surface area contributed by atoms with Gasteiger partial charge in [-0.2, -0.15) is 0 Å². The lowest BCUT2D eigenvalue weighted by Crippen LogP contribution is -1.78. The molecule has 0 spiro atoms. The molecule has 82 valence electrons. The second-order valence-corrected chi connectivity index (χ2v) is 4.82. The molecule has 1 N–H and O–H groups in total. The molecular formula is C11H6Br2O3. The molecule has 1 heterocycles. The van der Waals surface area contributed by atoms with Crippen molar-refractivity contribution >= 4 is 38.1 Å². The lowest BCUT2D eigenvalue weighted by atomic mass is 10.2. The third-order valence-electron chi connectivity index (χ3n) is 2.04. The number of hydrogen-bond acceptors (Lipinski definition) is 3. The third kappa shape index (κ3) is 2.05. The zero-order valence-corrected chi connectivity index (χ0v) is 11.1. The first kappa shape index (κ1) is 11.4. The van der Waals surface area contributed by atoms with Gasteiger partial charge in [-0.3, -0.25) is 4.79 Å². The van der Waals surface area contributed by atoms with Gasteiger partial charge in [-0.25, -0.2) is 0 Å². The summed E-state index contributed by atoms with van der Waals surface area (Å²) in [5.74, 6) is 0.977. The van der Waals surface area contributed by atoms with Crippen LogP contribution in [0.15, 0.2) is 37.6 Å². The number of hydrogen-bond donors (Lipinski definition) is 1. The van der Waals surface area contributed by atoms with Crippen molar-refractivity contribution in [3.63, 3.8) is 0 Å². The molecule has 2 aromatic rings. The number of furan rings is 1. The third-order valence-corrected chi connectivity index (χ3v) is 3.25. The maximum absolute atomic E-state index is 10.5. The summed E-state index contributed by atoms with van der Waals surface area (Å²) < 4.78 is 6.39. The fourth-order valence-electron chi connectivity index (χ4n) is 1.28. The summed E-state index contributed by atoms with van der Waals surface area (Å²) in [6.07, 6.45) is 0.647. The van der Waals surface area contributed by atoms with Crippen LogP contribution in [0.4, 0.5) is 0 Å². The van der Waals surface area contributed by atoms with E-state index >= 15 is 0 Å². The number of phenolic OH excluding ortho intramolecular Hbond substituents is 1. The molecule has 1 aromatic carbocycles. The van der Waals surface area contributed by atoms with Gasteiger partial charge >= 0.3 is 0 Å². The molecule has 0 bridgehead atoms. The highest BCUT2D eigenvalue weighted by Gasteiger charge is 2.10. The summed E-state index contributed by atoms with van der Waals surface area (Å²) in [7, 11) is 0. The minimum Gasteiger partial charge on any atom is -0.506 e. The molecule has 5 heteroatoms. The highest BCUT2D eigenvalue weighted by molar-refractivity contribution is 9.11. The Morgan fingerprint density at radius 1 is 1.19 bits per heavy atom. The van der Waals surface area contributed by atoms with Crippen LogP contribution < -0.4 is 0 Å². The van der Waals surface area contributed by atoms with E-state index in [1.807, 2.05) is 0 Å². The Hall–Kier alpha value is -1.07. The van der Waals surface area contributed by atoms with E-state index < -0.39 is 0 Å². The minimum atomic E-state index is 0.130. The molecule has 3 nitrogen and oxygen atoms in total. The largest absolute Gasteiger partial charge is 0.506 e. The van der Waals surface area contributed by atoms with Crippen LogP contribution in [0.3, 0.4) is 0 Å². The first-order valence-electron chi connectivity index (χ1n) is 4.35. The zero-order chi connectivity index (χ0) is 11.7. The number of halogens is 2. The number of carbonyl (C=O) groups excluding carboxylic acids is 1. The Morgan fingerprint density at radius 3 is 2.31 bits per heavy atom. The van der Waals surface area contributed by atoms with E-state index in [9.17, 15) is 9.90 Å². The van der Waals surface area contributed by atoms with Crippen LogP contribution in [-0.2, 0) is 0 Å². The van der Waals surface area contributed by atoms with Crippen molar-refractivity contribution in [3.8, 4) is 17.1 Å². The SMILES string of the molecule is O=Cc1ccc(-c2cc(Br)c(O)c(Br)c2)o1. The van der Waals surface area contributed by atoms with Gasteiger partial charge in [-0.05, 0) is 56.1 Å². The lowest BCUT2D eigenvalue weighted by Gasteiger charge is -2.03. The molecule has 0 aliphatic heterocycles. The second kappa shape index (κ2) is 4.43. The van der Waals surface area contributed by atoms with E-state index in [4.69, 9.17) is 4.42 Å². The van der Waals surface area contributed by atoms with E-state index in [0.717, 1.165) is 5.56 Å². The number of rotatable bonds is 2. The Balaban J connectivity index is 2.52. The van der Waals surface area contributed by atoms with Gasteiger partial charge in [-0.1, -0.05) is 0 Å². The van der Waals surface area contributed by atoms with E-state index in [1.54, 1.807) is 24.3 Å². The second-order valence-electron chi connectivity index (χ2n) is 3.11. The molecule has 0 atom stereocenters. The number of aldehydes is 1. The summed E-state index contributed by atoms with van der Waals surface area (Å²) in [5.41, 5.74) is 0.768. The maximum Gasteiger partial charge on any atom is 0.185 e. The van der Waals surface area contributed by atoms with Gasteiger partial charge in [0, 0.05) is 5.56 Å². The smallest absolute Gasteiger partial charge is 0.185 e. The lowest BCUT2D eigenvalue weighted by molar-refractivity contribution is 0.110. The van der Waals surface area contributed by atoms with Gasteiger partial charge in [0.25, 0.3) is 0 Å². The Morgan fingerprint density at radius 2 is 1.81 bits per heavy atom. The predicted molar refractivity (Wildman–Crippen MR) is 66.6 cm³/mol. The Kier molecular flexibility index (Phi) is 3.16. The normalized spacial score (nSPS) is 10.4. The molecule has 0 aliphatic carbocycles. The van der Waals surface area contributed by atoms with Gasteiger partial charge in [0.05, 0.1) is 8.95 Å². The highest BCUT2D eigenvalue weighted by Crippen LogP contribution is 2.37. The number of phenols is 1. The van der Waals surface area contributed by atoms with Crippen LogP contribution in [-0.4, -0.2) is 11.4 Å². The summed E-state index contributed by atoms with van der Waals surface area (Å²) in [6, 6.07) is 6.73. The minimum absolute atomic E-state index is 0.130. The Labute approximate surface area is 108 Å². The van der Waals surface area contributed by atoms with Crippen LogP contribution in [0, 0.1) is 0 Å². The van der Waals surface area contributed by atoms with E-state index in [0.29, 0.717) is 21.0 Å². The fourth-order valence-corrected chi connectivity index (χ4v) is 2.47. The molecule has 0 saturated heterocycles. The van der Waals surface area contributed by atoms with Crippen molar-refractivity contribution in [3.05, 3.63) is 39.0 Å². The van der Waals surface area contributed by atoms with E-state index in [1.165, 1.54) is 0 Å². The van der Waals surface area contributed by atoms with Crippen molar-refractivity contribution in [2.45, 2.75) is 0 Å². The molecule has 1 aromatic heterocycles. The van der Waals surface area contributed by atoms with Crippen LogP contribution >= 0.6 is 31.9 Å². The average molecular weight is 346 g/mol. The molecule has 16 heavy (non-hydrogen) atoms. The maximum atomic E-state index is 10.5. The molecule has 0 amide bonds. The van der Waals surface area contributed by atoms with Gasteiger partial charge in [-0.15, -0.1) is 0 Å². The van der Waals surface area contributed by atoms with Crippen molar-refractivity contribution < 1.29 is 14.3 Å². The zero-order valence-electron chi connectivity index (χ0n) is 7.91. The van der Waals surface area contributed by atoms with Crippen molar-refractivity contribution in [2.24, 2.45) is 0 Å². The van der Waals surface area contributed by atoms with E-state index in [-0.39, 0.29) is 11.5 Å². The summed E-state index contributed by atoms with van der Waals surface area (Å²) in [6.45, 7) is 0. The van der Waals surface area contributed by atoms with Crippen LogP contribution in [0.5, 0.6) is 5.75 Å². The Bertz CT molecular complexity index is 523. The molecule has 0 saturated carbocycles. The van der Waals surface area contributed by atoms with Gasteiger partial charge in [0.15, 0.2) is 12.0 Å². The molecular weight excluding hydrogens is 340 g/mol. The van der Waals surface area contributed by atoms with Gasteiger partial charge in [0.1, 0.15) is 11.5 Å². The van der Waals surface area contributed by atoms with Crippen LogP contribution in [0.1, 0.15) is 10.6 Å². The van der Waals surface area contributed by atoms with Crippen molar-refractivity contribution in [2.75, 3.05) is 0 Å². The van der Waals surface area contributed by atoms with Crippen molar-refractivity contribution in [1.82, 2.24) is 0 Å². The molecule has 0 fully saturated rings. The number of carbonyl (C=O) groups is 1. The topological polar surface area (TPSA) is 50.4 Å². The fraction of sp³-hybridized carbons (Fsp3) is 0. The first-order chi connectivity index (χ1) is 7.61. The molecule has 0 aliphatic rings. The summed E-state index contributed by atoms with van der Waals surface area (Å²) in [4.78, 5) is 10.5. The molecule has 2 rings (SSSR count). The van der Waals surface area contributed by atoms with Gasteiger partial charge in [0.2, 0.25) is 0 Å². The first-order valence-corrected chi connectivity index (χ1v) is 5.94. The van der Waals surface area contributed by atoms with Crippen LogP contribution in [0.2, 0.25) is 0 Å². The monoisotopic (exact) mass is 344 g/mol. The predicted octanol–water partition coefficient (Wildman–Crippen LogP) is 3.99. The molecule has 0 radical (unpaired) electrons. The van der Waals surface area contributed by atoms with Crippen molar-refractivity contribution in [1.29, 1.82) is 0 Å². The number of benzene rings is 1.